The fraction of sp³-hybridized carbons (Fsp3) is 0.747. The van der Waals surface area contributed by atoms with Crippen molar-refractivity contribution in [1.29, 1.82) is 0 Å². The number of esters is 3. The molecule has 520 valence electrons. The second-order valence-electron chi connectivity index (χ2n) is 36.1. The van der Waals surface area contributed by atoms with E-state index in [1.165, 1.54) is 11.1 Å². The van der Waals surface area contributed by atoms with Crippen LogP contribution in [0.2, 0.25) is 0 Å². The second-order valence-corrected chi connectivity index (χ2v) is 36.1. The number of ether oxygens (including phenoxy) is 5. The Morgan fingerprint density at radius 1 is 0.537 bits per heavy atom. The zero-order valence-electron chi connectivity index (χ0n) is 59.7. The standard InChI is InChI=1S/C43H56O8.C36H52O8/c1-26-32(51-37(47)50-26)25-48-35(45)28-14-16-41(6)33(38(28,2)3)15-17-43(8)34(41)31(44)22-29-30-23-40(5,19-18-39(30,4)20-21-42(29,43)7)36(46)49-24-27-12-10-9-11-13-27;1-20-25(44-30(41)43-20)19-42-28(38)21-9-11-34(6)26(31(21,2)3)10-12-36(8)27(34)24(37)17-22-23-18-33(5,29(39)40)14-13-32(23,4)15-16-35(22,36)7/h9-13,22,28,30,33-34H,14-21,23-25H2,1-8H3;17,20-21,23,25-27H,9-16,18-19H2,1-8H3,(H,39,40)/t28-,30+,33+,34-,39-,40+,41+,42-,43-;20?,21-,23+,25?,26+,27-,32-,33+,34+,35-,36-/m11/s1. The van der Waals surface area contributed by atoms with Gasteiger partial charge in [0.15, 0.2) is 35.8 Å². The SMILES string of the molecule is CC1OC(=O)OC1COC(=O)[C@H]1CC[C@]2(C)[C@H]3C(=O)C=C4[C@@H]5C[C@@](C)(C(=O)O)CC[C@]5(C)CC[C@@]4(C)[C@]3(C)CC[C@H]2C1(C)C.Cc1oc(=O)oc1COC(=O)[C@H]1CC[C@]2(C)[C@H]3C(=O)C=C4[C@@H]5C[C@@](C)(C(=O)OCc6ccccc6)CC[C@]5(C)CC[C@@]4(C)[C@]3(C)CC[C@H]2C1(C)C. The number of benzene rings is 1. The summed E-state index contributed by atoms with van der Waals surface area (Å²) in [6.45, 7) is 35.0. The van der Waals surface area contributed by atoms with Crippen LogP contribution in [-0.4, -0.2) is 65.5 Å². The topological polar surface area (TPSA) is 229 Å². The first-order valence-corrected chi connectivity index (χ1v) is 36.0. The van der Waals surface area contributed by atoms with Crippen LogP contribution in [0.4, 0.5) is 4.79 Å². The molecule has 2 unspecified atom stereocenters. The number of fused-ring (bicyclic) bond motifs is 14. The highest BCUT2D eigenvalue weighted by Gasteiger charge is 2.73. The monoisotopic (exact) mass is 1310 g/mol. The van der Waals surface area contributed by atoms with E-state index in [9.17, 15) is 43.5 Å². The van der Waals surface area contributed by atoms with E-state index in [2.05, 4.69) is 90.0 Å². The van der Waals surface area contributed by atoms with Gasteiger partial charge < -0.3 is 37.6 Å². The maximum absolute atomic E-state index is 14.8. The summed E-state index contributed by atoms with van der Waals surface area (Å²) < 4.78 is 37.6. The fourth-order valence-electron chi connectivity index (χ4n) is 24.1. The van der Waals surface area contributed by atoms with Gasteiger partial charge in [-0.25, -0.2) is 9.59 Å². The predicted molar refractivity (Wildman–Crippen MR) is 353 cm³/mol. The quantitative estimate of drug-likeness (QED) is 0.172. The predicted octanol–water partition coefficient (Wildman–Crippen LogP) is 16.1. The normalized spacial score (nSPS) is 44.1. The van der Waals surface area contributed by atoms with Crippen molar-refractivity contribution < 1.29 is 71.2 Å². The molecule has 11 aliphatic rings. The fourth-order valence-corrected chi connectivity index (χ4v) is 24.1. The van der Waals surface area contributed by atoms with Gasteiger partial charge in [0.2, 0.25) is 0 Å². The highest BCUT2D eigenvalue weighted by molar-refractivity contribution is 5.97. The molecule has 0 amide bonds. The van der Waals surface area contributed by atoms with E-state index < -0.39 is 46.4 Å². The van der Waals surface area contributed by atoms with Crippen molar-refractivity contribution in [2.75, 3.05) is 6.61 Å². The number of carbonyl (C=O) groups is 7. The molecule has 1 aromatic carbocycles. The molecule has 2 heterocycles. The molecule has 8 saturated carbocycles. The van der Waals surface area contributed by atoms with E-state index in [1.807, 2.05) is 49.4 Å². The lowest BCUT2D eigenvalue weighted by Crippen LogP contribution is -2.66. The maximum atomic E-state index is 14.8. The molecule has 1 aliphatic heterocycles. The van der Waals surface area contributed by atoms with Crippen LogP contribution in [0.25, 0.3) is 0 Å². The van der Waals surface area contributed by atoms with Crippen LogP contribution in [0.3, 0.4) is 0 Å². The average Bonchev–Trinajstić information content (AvgIpc) is 1.36. The van der Waals surface area contributed by atoms with Crippen LogP contribution in [-0.2, 0) is 65.7 Å². The Morgan fingerprint density at radius 2 is 1.01 bits per heavy atom. The van der Waals surface area contributed by atoms with Crippen molar-refractivity contribution in [3.8, 4) is 0 Å². The third-order valence-electron chi connectivity index (χ3n) is 30.6. The minimum atomic E-state index is -0.804. The van der Waals surface area contributed by atoms with Gasteiger partial charge in [-0.1, -0.05) is 125 Å². The van der Waals surface area contributed by atoms with Gasteiger partial charge in [0, 0.05) is 11.8 Å². The molecule has 16 nitrogen and oxygen atoms in total. The first kappa shape index (κ1) is 69.1. The third kappa shape index (κ3) is 10.6. The number of aliphatic carboxylic acids is 1. The van der Waals surface area contributed by atoms with Gasteiger partial charge in [-0.05, 0) is 239 Å². The van der Waals surface area contributed by atoms with Crippen molar-refractivity contribution in [2.45, 2.75) is 252 Å². The minimum Gasteiger partial charge on any atom is -0.481 e. The zero-order chi connectivity index (χ0) is 69.0. The number of carboxylic acids is 1. The van der Waals surface area contributed by atoms with Gasteiger partial charge in [0.05, 0.1) is 22.7 Å². The van der Waals surface area contributed by atoms with Crippen molar-refractivity contribution in [3.63, 3.8) is 0 Å². The molecule has 10 aliphatic carbocycles. The van der Waals surface area contributed by atoms with Gasteiger partial charge in [-0.3, -0.25) is 28.8 Å². The van der Waals surface area contributed by atoms with E-state index in [1.54, 1.807) is 13.8 Å². The lowest BCUT2D eigenvalue weighted by Gasteiger charge is -2.70. The summed E-state index contributed by atoms with van der Waals surface area (Å²) >= 11 is 0. The second kappa shape index (κ2) is 23.2. The number of rotatable bonds is 10. The molecule has 95 heavy (non-hydrogen) atoms. The van der Waals surface area contributed by atoms with Gasteiger partial charge in [0.1, 0.15) is 19.3 Å². The molecule has 20 atom stereocenters. The largest absolute Gasteiger partial charge is 0.519 e. The van der Waals surface area contributed by atoms with Crippen LogP contribution in [0, 0.1) is 119 Å². The maximum Gasteiger partial charge on any atom is 0.519 e. The Hall–Kier alpha value is -5.80. The summed E-state index contributed by atoms with van der Waals surface area (Å²) in [6.07, 6.45) is 17.4. The minimum absolute atomic E-state index is 0.0199. The third-order valence-corrected chi connectivity index (χ3v) is 30.6. The summed E-state index contributed by atoms with van der Waals surface area (Å²) in [5, 5.41) is 10.2. The Bertz CT molecular complexity index is 3590. The Labute approximate surface area is 562 Å². The Morgan fingerprint density at radius 3 is 1.47 bits per heavy atom. The molecule has 0 radical (unpaired) electrons. The van der Waals surface area contributed by atoms with E-state index in [4.69, 9.17) is 32.5 Å². The molecule has 1 saturated heterocycles. The summed E-state index contributed by atoms with van der Waals surface area (Å²) in [6, 6.07) is 9.85. The Kier molecular flexibility index (Phi) is 16.8. The molecule has 9 fully saturated rings. The molecule has 13 rings (SSSR count). The van der Waals surface area contributed by atoms with Crippen molar-refractivity contribution in [2.24, 2.45) is 112 Å². The molecule has 2 aromatic rings. The van der Waals surface area contributed by atoms with Gasteiger partial charge in [0.25, 0.3) is 0 Å². The number of hydrogen-bond donors (Lipinski definition) is 1. The van der Waals surface area contributed by atoms with E-state index in [0.29, 0.717) is 37.9 Å². The van der Waals surface area contributed by atoms with Gasteiger partial charge in [-0.2, -0.15) is 0 Å². The van der Waals surface area contributed by atoms with Crippen LogP contribution < -0.4 is 5.82 Å². The van der Waals surface area contributed by atoms with Crippen LogP contribution in [0.5, 0.6) is 0 Å². The number of aryl methyl sites for hydroxylation is 1. The smallest absolute Gasteiger partial charge is 0.481 e. The summed E-state index contributed by atoms with van der Waals surface area (Å²) in [4.78, 5) is 106. The van der Waals surface area contributed by atoms with Crippen molar-refractivity contribution >= 4 is 41.6 Å². The van der Waals surface area contributed by atoms with E-state index in [0.717, 1.165) is 89.0 Å². The van der Waals surface area contributed by atoms with Crippen molar-refractivity contribution in [3.05, 3.63) is 81.3 Å². The molecule has 16 heteroatoms. The number of cyclic esters (lactones) is 2. The highest BCUT2D eigenvalue weighted by atomic mass is 16.8. The number of hydrogen-bond acceptors (Lipinski definition) is 15. The van der Waals surface area contributed by atoms with Gasteiger partial charge >= 0.3 is 35.9 Å². The van der Waals surface area contributed by atoms with Crippen LogP contribution >= 0.6 is 0 Å². The van der Waals surface area contributed by atoms with Gasteiger partial charge in [-0.15, -0.1) is 0 Å². The number of carbonyl (C=O) groups excluding carboxylic acids is 6. The van der Waals surface area contributed by atoms with Crippen LogP contribution in [0.15, 0.2) is 67.3 Å². The first-order valence-electron chi connectivity index (χ1n) is 36.0. The average molecular weight is 1310 g/mol. The van der Waals surface area contributed by atoms with Crippen molar-refractivity contribution in [1.82, 2.24) is 0 Å². The molecular formula is C79H108O16. The molecule has 0 bridgehead atoms. The lowest BCUT2D eigenvalue weighted by molar-refractivity contribution is -0.201. The first-order chi connectivity index (χ1) is 44.2. The summed E-state index contributed by atoms with van der Waals surface area (Å²) in [7, 11) is 0. The molecule has 1 N–H and O–H groups in total. The molecule has 0 spiro atoms. The Balaban J connectivity index is 0.000000184. The highest BCUT2D eigenvalue weighted by Crippen LogP contribution is 2.78. The van der Waals surface area contributed by atoms with E-state index in [-0.39, 0.29) is 151 Å². The lowest BCUT2D eigenvalue weighted by atomic mass is 9.33. The van der Waals surface area contributed by atoms with Crippen LogP contribution in [0.1, 0.15) is 237 Å². The molecular weight excluding hydrogens is 1200 g/mol. The summed E-state index contributed by atoms with van der Waals surface area (Å²) in [5.74, 6) is -1.69. The summed E-state index contributed by atoms with van der Waals surface area (Å²) in [5.41, 5.74) is -0.0666. The molecule has 1 aromatic heterocycles. The van der Waals surface area contributed by atoms with E-state index >= 15 is 0 Å². The number of allylic oxidation sites excluding steroid dienone is 4. The number of ketones is 2. The number of carboxylic acid groups (broad SMARTS) is 1. The zero-order valence-corrected chi connectivity index (χ0v) is 59.7.